The molecule has 0 aliphatic heterocycles. The molecule has 1 saturated carbocycles. The smallest absolute Gasteiger partial charge is 0.0704 e. The lowest BCUT2D eigenvalue weighted by molar-refractivity contribution is 0.200. The first kappa shape index (κ1) is 13.9. The minimum Gasteiger partial charge on any atom is -0.392 e. The number of hydrogen-bond acceptors (Lipinski definition) is 3. The average molecular weight is 287 g/mol. The predicted octanol–water partition coefficient (Wildman–Crippen LogP) is 3.81. The second-order valence-corrected chi connectivity index (χ2v) is 6.92. The van der Waals surface area contributed by atoms with Crippen LogP contribution in [-0.4, -0.2) is 27.2 Å². The van der Waals surface area contributed by atoms with Gasteiger partial charge in [0.1, 0.15) is 0 Å². The van der Waals surface area contributed by atoms with Crippen LogP contribution in [0.5, 0.6) is 0 Å². The summed E-state index contributed by atoms with van der Waals surface area (Å²) >= 11 is 1.95. The fourth-order valence-corrected chi connectivity index (χ4v) is 4.23. The molecule has 0 amide bonds. The molecule has 1 unspecified atom stereocenters. The highest BCUT2D eigenvalue weighted by atomic mass is 32.2. The third kappa shape index (κ3) is 3.33. The minimum absolute atomic E-state index is 0.258. The summed E-state index contributed by atoms with van der Waals surface area (Å²) in [6, 6.07) is 10.2. The number of aromatic nitrogens is 1. The molecule has 0 bridgehead atoms. The zero-order chi connectivity index (χ0) is 13.8. The van der Waals surface area contributed by atoms with E-state index >= 15 is 0 Å². The normalized spacial score (nSPS) is 17.6. The van der Waals surface area contributed by atoms with Crippen molar-refractivity contribution in [3.63, 3.8) is 0 Å². The van der Waals surface area contributed by atoms with Crippen LogP contribution in [-0.2, 0) is 6.42 Å². The van der Waals surface area contributed by atoms with Crippen LogP contribution in [0.25, 0.3) is 10.9 Å². The number of nitrogens with zero attached hydrogens (tertiary/aromatic N) is 1. The Balaban J connectivity index is 1.63. The molecule has 106 valence electrons. The van der Waals surface area contributed by atoms with Gasteiger partial charge in [-0.3, -0.25) is 4.98 Å². The highest BCUT2D eigenvalue weighted by molar-refractivity contribution is 7.99. The second kappa shape index (κ2) is 6.59. The monoisotopic (exact) mass is 287 g/mol. The van der Waals surface area contributed by atoms with E-state index in [4.69, 9.17) is 0 Å². The molecule has 1 aliphatic carbocycles. The quantitative estimate of drug-likeness (QED) is 0.907. The van der Waals surface area contributed by atoms with Crippen molar-refractivity contribution < 1.29 is 5.11 Å². The molecule has 0 saturated heterocycles. The van der Waals surface area contributed by atoms with E-state index in [0.717, 1.165) is 22.9 Å². The van der Waals surface area contributed by atoms with Crippen molar-refractivity contribution in [2.75, 3.05) is 5.75 Å². The van der Waals surface area contributed by atoms with E-state index in [-0.39, 0.29) is 6.10 Å². The summed E-state index contributed by atoms with van der Waals surface area (Å²) < 4.78 is 0. The number of aliphatic hydroxyl groups is 1. The fourth-order valence-electron chi connectivity index (χ4n) is 2.95. The maximum Gasteiger partial charge on any atom is 0.0704 e. The second-order valence-electron chi connectivity index (χ2n) is 5.58. The van der Waals surface area contributed by atoms with Crippen LogP contribution in [0.2, 0.25) is 0 Å². The molecule has 1 aliphatic rings. The molecule has 1 heterocycles. The van der Waals surface area contributed by atoms with Gasteiger partial charge in [0.15, 0.2) is 0 Å². The Kier molecular flexibility index (Phi) is 4.58. The number of benzene rings is 1. The van der Waals surface area contributed by atoms with Crippen molar-refractivity contribution in [2.24, 2.45) is 0 Å². The molecule has 2 aromatic rings. The predicted molar refractivity (Wildman–Crippen MR) is 86.2 cm³/mol. The van der Waals surface area contributed by atoms with Gasteiger partial charge in [0, 0.05) is 22.6 Å². The van der Waals surface area contributed by atoms with Gasteiger partial charge in [0.05, 0.1) is 11.6 Å². The summed E-state index contributed by atoms with van der Waals surface area (Å²) in [5, 5.41) is 12.2. The van der Waals surface area contributed by atoms with E-state index in [9.17, 15) is 5.11 Å². The first-order valence-electron chi connectivity index (χ1n) is 7.45. The van der Waals surface area contributed by atoms with Gasteiger partial charge in [0.2, 0.25) is 0 Å². The highest BCUT2D eigenvalue weighted by Gasteiger charge is 2.17. The van der Waals surface area contributed by atoms with Gasteiger partial charge in [-0.2, -0.15) is 11.8 Å². The van der Waals surface area contributed by atoms with Gasteiger partial charge >= 0.3 is 0 Å². The van der Waals surface area contributed by atoms with Crippen molar-refractivity contribution >= 4 is 22.7 Å². The summed E-state index contributed by atoms with van der Waals surface area (Å²) in [5.41, 5.74) is 2.22. The highest BCUT2D eigenvalue weighted by Crippen LogP contribution is 2.30. The van der Waals surface area contributed by atoms with Crippen molar-refractivity contribution in [2.45, 2.75) is 43.5 Å². The van der Waals surface area contributed by atoms with Crippen LogP contribution >= 0.6 is 11.8 Å². The number of pyridine rings is 1. The molecule has 2 nitrogen and oxygen atoms in total. The SMILES string of the molecule is OC(CSC1CCCC1)Cc1ccnc2ccccc12. The lowest BCUT2D eigenvalue weighted by Gasteiger charge is -2.14. The van der Waals surface area contributed by atoms with E-state index in [1.54, 1.807) is 0 Å². The van der Waals surface area contributed by atoms with E-state index in [1.807, 2.05) is 42.2 Å². The van der Waals surface area contributed by atoms with Crippen LogP contribution in [0.15, 0.2) is 36.5 Å². The Labute approximate surface area is 124 Å². The van der Waals surface area contributed by atoms with E-state index < -0.39 is 0 Å². The Morgan fingerprint density at radius 1 is 1.20 bits per heavy atom. The van der Waals surface area contributed by atoms with E-state index in [2.05, 4.69) is 11.1 Å². The van der Waals surface area contributed by atoms with E-state index in [1.165, 1.54) is 36.6 Å². The molecule has 3 rings (SSSR count). The zero-order valence-electron chi connectivity index (χ0n) is 11.7. The van der Waals surface area contributed by atoms with Crippen molar-refractivity contribution in [1.82, 2.24) is 4.98 Å². The van der Waals surface area contributed by atoms with Gasteiger partial charge in [-0.1, -0.05) is 31.0 Å². The van der Waals surface area contributed by atoms with Gasteiger partial charge in [0.25, 0.3) is 0 Å². The number of aliphatic hydroxyl groups excluding tert-OH is 1. The Bertz CT molecular complexity index is 560. The minimum atomic E-state index is -0.258. The summed E-state index contributed by atoms with van der Waals surface area (Å²) in [6.07, 6.45) is 7.69. The lowest BCUT2D eigenvalue weighted by atomic mass is 10.0. The molecule has 1 atom stereocenters. The number of rotatable bonds is 5. The van der Waals surface area contributed by atoms with E-state index in [0.29, 0.717) is 0 Å². The number of fused-ring (bicyclic) bond motifs is 1. The van der Waals surface area contributed by atoms with Crippen LogP contribution in [0.3, 0.4) is 0 Å². The Morgan fingerprint density at radius 2 is 2.00 bits per heavy atom. The van der Waals surface area contributed by atoms with Crippen molar-refractivity contribution in [3.8, 4) is 0 Å². The molecule has 1 N–H and O–H groups in total. The first-order chi connectivity index (χ1) is 9.83. The molecule has 3 heteroatoms. The topological polar surface area (TPSA) is 33.1 Å². The van der Waals surface area contributed by atoms with Crippen molar-refractivity contribution in [3.05, 3.63) is 42.1 Å². The third-order valence-corrected chi connectivity index (χ3v) is 5.54. The lowest BCUT2D eigenvalue weighted by Crippen LogP contribution is -2.15. The van der Waals surface area contributed by atoms with Crippen LogP contribution in [0.1, 0.15) is 31.2 Å². The largest absolute Gasteiger partial charge is 0.392 e. The number of thioether (sulfide) groups is 1. The molecular formula is C17H21NOS. The molecule has 0 radical (unpaired) electrons. The fraction of sp³-hybridized carbons (Fsp3) is 0.471. The summed E-state index contributed by atoms with van der Waals surface area (Å²) in [6.45, 7) is 0. The molecule has 20 heavy (non-hydrogen) atoms. The average Bonchev–Trinajstić information content (AvgIpc) is 2.99. The Hall–Kier alpha value is -1.06. The summed E-state index contributed by atoms with van der Waals surface area (Å²) in [7, 11) is 0. The molecule has 1 aromatic carbocycles. The van der Waals surface area contributed by atoms with Crippen LogP contribution in [0, 0.1) is 0 Å². The maximum absolute atomic E-state index is 10.3. The molecular weight excluding hydrogens is 266 g/mol. The molecule has 1 fully saturated rings. The maximum atomic E-state index is 10.3. The standard InChI is InChI=1S/C17H21NOS/c19-14(12-20-15-5-1-2-6-15)11-13-9-10-18-17-8-4-3-7-16(13)17/h3-4,7-10,14-15,19H,1-2,5-6,11-12H2. The van der Waals surface area contributed by atoms with Gasteiger partial charge < -0.3 is 5.11 Å². The van der Waals surface area contributed by atoms with Crippen molar-refractivity contribution in [1.29, 1.82) is 0 Å². The van der Waals surface area contributed by atoms with Gasteiger partial charge in [-0.15, -0.1) is 0 Å². The van der Waals surface area contributed by atoms with Gasteiger partial charge in [-0.25, -0.2) is 0 Å². The van der Waals surface area contributed by atoms with Crippen LogP contribution < -0.4 is 0 Å². The van der Waals surface area contributed by atoms with Crippen LogP contribution in [0.4, 0.5) is 0 Å². The summed E-state index contributed by atoms with van der Waals surface area (Å²) in [5.74, 6) is 0.849. The zero-order valence-corrected chi connectivity index (χ0v) is 12.5. The number of para-hydroxylation sites is 1. The third-order valence-electron chi connectivity index (χ3n) is 4.02. The number of hydrogen-bond donors (Lipinski definition) is 1. The van der Waals surface area contributed by atoms with Gasteiger partial charge in [-0.05, 0) is 37.0 Å². The Morgan fingerprint density at radius 3 is 2.85 bits per heavy atom. The first-order valence-corrected chi connectivity index (χ1v) is 8.50. The molecule has 1 aromatic heterocycles. The summed E-state index contributed by atoms with van der Waals surface area (Å²) in [4.78, 5) is 4.37. The molecule has 0 spiro atoms.